The predicted molar refractivity (Wildman–Crippen MR) is 133 cm³/mol. The van der Waals surface area contributed by atoms with Crippen LogP contribution in [0.1, 0.15) is 35.8 Å². The molecule has 176 valence electrons. The minimum absolute atomic E-state index is 0.135. The Balaban J connectivity index is 1.69. The van der Waals surface area contributed by atoms with Crippen molar-refractivity contribution in [3.8, 4) is 0 Å². The van der Waals surface area contributed by atoms with E-state index in [2.05, 4.69) is 33.8 Å². The van der Waals surface area contributed by atoms with Gasteiger partial charge in [-0.3, -0.25) is 25.0 Å². The van der Waals surface area contributed by atoms with Crippen molar-refractivity contribution in [2.24, 2.45) is 0 Å². The Labute approximate surface area is 205 Å². The Kier molecular flexibility index (Phi) is 7.09. The number of nitrogens with zero attached hydrogens (tertiary/aromatic N) is 4. The van der Waals surface area contributed by atoms with Gasteiger partial charge in [0.25, 0.3) is 5.91 Å². The highest BCUT2D eigenvalue weighted by Crippen LogP contribution is 2.34. The summed E-state index contributed by atoms with van der Waals surface area (Å²) >= 11 is 7.68. The smallest absolute Gasteiger partial charge is 0.277 e. The van der Waals surface area contributed by atoms with E-state index < -0.39 is 11.8 Å². The van der Waals surface area contributed by atoms with Gasteiger partial charge in [-0.2, -0.15) is 0 Å². The summed E-state index contributed by atoms with van der Waals surface area (Å²) in [5, 5.41) is 7.71. The number of halogens is 1. The highest BCUT2D eigenvalue weighted by Gasteiger charge is 2.27. The van der Waals surface area contributed by atoms with Crippen molar-refractivity contribution in [3.05, 3.63) is 59.6 Å². The van der Waals surface area contributed by atoms with Gasteiger partial charge in [0.05, 0.1) is 22.1 Å². The largest absolute Gasteiger partial charge is 0.337 e. The summed E-state index contributed by atoms with van der Waals surface area (Å²) in [5.41, 5.74) is 1.46. The first-order chi connectivity index (χ1) is 16.4. The van der Waals surface area contributed by atoms with Crippen LogP contribution < -0.4 is 10.6 Å². The van der Waals surface area contributed by atoms with E-state index in [1.807, 2.05) is 10.6 Å². The van der Waals surface area contributed by atoms with Crippen LogP contribution in [0.4, 0.5) is 11.1 Å². The number of hydrogen-bond donors (Lipinski definition) is 2. The van der Waals surface area contributed by atoms with E-state index in [-0.39, 0.29) is 22.8 Å². The molecule has 34 heavy (non-hydrogen) atoms. The number of fused-ring (bicyclic) bond motifs is 1. The van der Waals surface area contributed by atoms with Crippen LogP contribution in [0.25, 0.3) is 11.0 Å². The standard InChI is InChI=1S/C23H23ClN6O3S/c1-3-18(31)27-23-26-17(13-34-23)21(33)28-22-25-16-10-7-9-15(24)20(16)30(22)14-8-5-6-11-29(12-14)19(32)4-2/h3-4,7,9-10,13-14H,1-2,5-6,8,11-12H2,(H,25,28,33)(H,26,27,31)/t14-/m1/s1. The fourth-order valence-corrected chi connectivity index (χ4v) is 4.92. The summed E-state index contributed by atoms with van der Waals surface area (Å²) in [6.07, 6.45) is 5.00. The van der Waals surface area contributed by atoms with Crippen LogP contribution in [0, 0.1) is 0 Å². The summed E-state index contributed by atoms with van der Waals surface area (Å²) in [6, 6.07) is 5.24. The number of amides is 3. The van der Waals surface area contributed by atoms with Gasteiger partial charge in [0, 0.05) is 18.5 Å². The van der Waals surface area contributed by atoms with Crippen molar-refractivity contribution < 1.29 is 14.4 Å². The summed E-state index contributed by atoms with van der Waals surface area (Å²) < 4.78 is 1.90. The Bertz CT molecular complexity index is 1280. The number of thiazole rings is 1. The molecule has 1 atom stereocenters. The molecule has 0 bridgehead atoms. The molecule has 1 fully saturated rings. The molecular weight excluding hydrogens is 476 g/mol. The topological polar surface area (TPSA) is 109 Å². The zero-order valence-corrected chi connectivity index (χ0v) is 19.9. The molecular formula is C23H23ClN6O3S. The van der Waals surface area contributed by atoms with Crippen molar-refractivity contribution in [3.63, 3.8) is 0 Å². The minimum atomic E-state index is -0.476. The number of aromatic nitrogens is 3. The summed E-state index contributed by atoms with van der Waals surface area (Å²) in [4.78, 5) is 47.4. The number of imidazole rings is 1. The molecule has 0 aliphatic carbocycles. The maximum atomic E-state index is 13.0. The fourth-order valence-electron chi connectivity index (χ4n) is 3.97. The van der Waals surface area contributed by atoms with Crippen LogP contribution in [-0.4, -0.2) is 50.2 Å². The van der Waals surface area contributed by atoms with Crippen LogP contribution in [0.3, 0.4) is 0 Å². The molecule has 2 aromatic heterocycles. The van der Waals surface area contributed by atoms with Crippen molar-refractivity contribution >= 4 is 62.8 Å². The van der Waals surface area contributed by atoms with Gasteiger partial charge < -0.3 is 9.47 Å². The summed E-state index contributed by atoms with van der Waals surface area (Å²) in [7, 11) is 0. The predicted octanol–water partition coefficient (Wildman–Crippen LogP) is 4.26. The van der Waals surface area contributed by atoms with Crippen molar-refractivity contribution in [2.75, 3.05) is 23.7 Å². The second-order valence-corrected chi connectivity index (χ2v) is 9.00. The quantitative estimate of drug-likeness (QED) is 0.493. The lowest BCUT2D eigenvalue weighted by atomic mass is 10.1. The van der Waals surface area contributed by atoms with Crippen molar-refractivity contribution in [2.45, 2.75) is 25.3 Å². The van der Waals surface area contributed by atoms with Crippen molar-refractivity contribution in [1.29, 1.82) is 0 Å². The third kappa shape index (κ3) is 4.87. The van der Waals surface area contributed by atoms with E-state index in [4.69, 9.17) is 11.6 Å². The number of para-hydroxylation sites is 1. The molecule has 0 spiro atoms. The molecule has 3 heterocycles. The van der Waals surface area contributed by atoms with E-state index in [1.165, 1.54) is 6.08 Å². The normalized spacial score (nSPS) is 16.0. The van der Waals surface area contributed by atoms with E-state index in [0.29, 0.717) is 35.1 Å². The molecule has 1 saturated heterocycles. The lowest BCUT2D eigenvalue weighted by Gasteiger charge is -2.26. The number of anilines is 2. The average Bonchev–Trinajstić information content (AvgIpc) is 3.36. The third-order valence-corrected chi connectivity index (χ3v) is 6.60. The van der Waals surface area contributed by atoms with Crippen LogP contribution in [0.15, 0.2) is 48.9 Å². The van der Waals surface area contributed by atoms with Crippen LogP contribution in [0.5, 0.6) is 0 Å². The highest BCUT2D eigenvalue weighted by atomic mass is 35.5. The van der Waals surface area contributed by atoms with Crippen molar-refractivity contribution in [1.82, 2.24) is 19.4 Å². The number of nitrogens with one attached hydrogen (secondary N) is 2. The summed E-state index contributed by atoms with van der Waals surface area (Å²) in [5.74, 6) is -0.708. The van der Waals surface area contributed by atoms with Gasteiger partial charge in [-0.05, 0) is 43.5 Å². The monoisotopic (exact) mass is 498 g/mol. The third-order valence-electron chi connectivity index (χ3n) is 5.54. The molecule has 4 rings (SSSR count). The molecule has 2 N–H and O–H groups in total. The van der Waals surface area contributed by atoms with Crippen LogP contribution >= 0.6 is 22.9 Å². The maximum Gasteiger partial charge on any atom is 0.277 e. The van der Waals surface area contributed by atoms with Gasteiger partial charge in [0.2, 0.25) is 17.8 Å². The first-order valence-corrected chi connectivity index (χ1v) is 11.9. The Morgan fingerprint density at radius 3 is 2.74 bits per heavy atom. The molecule has 1 aliphatic rings. The Hall–Kier alpha value is -3.50. The SMILES string of the molecule is C=CC(=O)Nc1nc(C(=O)Nc2nc3cccc(Cl)c3n2[C@@H]2CCCCN(C(=O)C=C)C2)cs1. The number of carbonyl (C=O) groups is 3. The van der Waals surface area contributed by atoms with Gasteiger partial charge in [-0.1, -0.05) is 30.8 Å². The lowest BCUT2D eigenvalue weighted by Crippen LogP contribution is -2.34. The number of benzene rings is 1. The molecule has 0 radical (unpaired) electrons. The molecule has 0 unspecified atom stereocenters. The van der Waals surface area contributed by atoms with Crippen LogP contribution in [-0.2, 0) is 9.59 Å². The van der Waals surface area contributed by atoms with Gasteiger partial charge in [0.1, 0.15) is 5.69 Å². The first kappa shape index (κ1) is 23.7. The van der Waals surface area contributed by atoms with Crippen LogP contribution in [0.2, 0.25) is 5.02 Å². The second-order valence-electron chi connectivity index (χ2n) is 7.74. The fraction of sp³-hybridized carbons (Fsp3) is 0.261. The number of likely N-dealkylation sites (tertiary alicyclic amines) is 1. The average molecular weight is 499 g/mol. The molecule has 3 aromatic rings. The second kappa shape index (κ2) is 10.2. The van der Waals surface area contributed by atoms with E-state index in [1.54, 1.807) is 22.4 Å². The van der Waals surface area contributed by atoms with E-state index >= 15 is 0 Å². The number of hydrogen-bond acceptors (Lipinski definition) is 6. The molecule has 3 amide bonds. The maximum absolute atomic E-state index is 13.0. The minimum Gasteiger partial charge on any atom is -0.337 e. The molecule has 11 heteroatoms. The first-order valence-electron chi connectivity index (χ1n) is 10.7. The Morgan fingerprint density at radius 1 is 1.15 bits per heavy atom. The number of carbonyl (C=O) groups excluding carboxylic acids is 3. The van der Waals surface area contributed by atoms with E-state index in [0.717, 1.165) is 36.7 Å². The zero-order valence-electron chi connectivity index (χ0n) is 18.3. The molecule has 1 aliphatic heterocycles. The van der Waals surface area contributed by atoms with Gasteiger partial charge in [0.15, 0.2) is 5.13 Å². The van der Waals surface area contributed by atoms with Gasteiger partial charge in [-0.15, -0.1) is 11.3 Å². The Morgan fingerprint density at radius 2 is 1.97 bits per heavy atom. The molecule has 0 saturated carbocycles. The van der Waals surface area contributed by atoms with Gasteiger partial charge >= 0.3 is 0 Å². The van der Waals surface area contributed by atoms with E-state index in [9.17, 15) is 14.4 Å². The summed E-state index contributed by atoms with van der Waals surface area (Å²) in [6.45, 7) is 8.09. The zero-order chi connectivity index (χ0) is 24.2. The highest BCUT2D eigenvalue weighted by molar-refractivity contribution is 7.14. The lowest BCUT2D eigenvalue weighted by molar-refractivity contribution is -0.126. The number of rotatable bonds is 6. The van der Waals surface area contributed by atoms with Gasteiger partial charge in [-0.25, -0.2) is 9.97 Å². The molecule has 1 aromatic carbocycles. The molecule has 9 nitrogen and oxygen atoms in total.